The van der Waals surface area contributed by atoms with Crippen molar-refractivity contribution in [2.45, 2.75) is 31.1 Å². The van der Waals surface area contributed by atoms with Crippen LogP contribution in [-0.2, 0) is 22.0 Å². The van der Waals surface area contributed by atoms with Crippen molar-refractivity contribution in [2.75, 3.05) is 12.8 Å². The number of hydrogen-bond acceptors (Lipinski definition) is 2. The zero-order chi connectivity index (χ0) is 13.0. The van der Waals surface area contributed by atoms with Crippen molar-refractivity contribution >= 4 is 16.7 Å². The Balaban J connectivity index is 1.69. The molecule has 2 unspecified atom stereocenters. The van der Waals surface area contributed by atoms with E-state index in [9.17, 15) is 9.00 Å². The second-order valence-electron chi connectivity index (χ2n) is 4.69. The Morgan fingerprint density at radius 1 is 1.28 bits per heavy atom. The molecule has 98 valence electrons. The topological polar surface area (TPSA) is 37.4 Å². The fraction of sp³-hybridized carbons (Fsp3) is 0.500. The van der Waals surface area contributed by atoms with Crippen LogP contribution in [0, 0.1) is 0 Å². The molecule has 1 aliphatic rings. The zero-order valence-corrected chi connectivity index (χ0v) is 11.5. The summed E-state index contributed by atoms with van der Waals surface area (Å²) < 4.78 is 11.4. The first-order chi connectivity index (χ1) is 8.68. The number of amides is 1. The molecule has 18 heavy (non-hydrogen) atoms. The third-order valence-corrected chi connectivity index (χ3v) is 4.55. The van der Waals surface area contributed by atoms with Crippen molar-refractivity contribution in [3.8, 4) is 0 Å². The van der Waals surface area contributed by atoms with E-state index in [0.29, 0.717) is 6.42 Å². The van der Waals surface area contributed by atoms with Gasteiger partial charge in [0.1, 0.15) is 5.37 Å². The van der Waals surface area contributed by atoms with Gasteiger partial charge in [-0.25, -0.2) is 0 Å². The monoisotopic (exact) mass is 265 g/mol. The number of unbranched alkanes of at least 4 members (excludes halogenated alkanes) is 1. The molecule has 1 aliphatic heterocycles. The van der Waals surface area contributed by atoms with Crippen LogP contribution in [0.5, 0.6) is 0 Å². The summed E-state index contributed by atoms with van der Waals surface area (Å²) >= 11 is 0. The number of benzene rings is 1. The summed E-state index contributed by atoms with van der Waals surface area (Å²) in [6.07, 6.45) is 5.23. The quantitative estimate of drug-likeness (QED) is 0.582. The van der Waals surface area contributed by atoms with Crippen LogP contribution in [0.4, 0.5) is 0 Å². The predicted octanol–water partition coefficient (Wildman–Crippen LogP) is 1.95. The van der Waals surface area contributed by atoms with Gasteiger partial charge in [-0.2, -0.15) is 0 Å². The van der Waals surface area contributed by atoms with Crippen LogP contribution in [-0.4, -0.2) is 33.2 Å². The molecule has 0 aromatic heterocycles. The molecule has 0 bridgehead atoms. The second-order valence-corrected chi connectivity index (χ2v) is 6.23. The number of rotatable bonds is 6. The second kappa shape index (κ2) is 6.14. The highest BCUT2D eigenvalue weighted by atomic mass is 32.2. The molecule has 1 fully saturated rings. The lowest BCUT2D eigenvalue weighted by molar-refractivity contribution is -0.141. The van der Waals surface area contributed by atoms with Gasteiger partial charge in [0.25, 0.3) is 0 Å². The van der Waals surface area contributed by atoms with Crippen molar-refractivity contribution < 1.29 is 9.00 Å². The summed E-state index contributed by atoms with van der Waals surface area (Å²) in [5, 5.41) is -0.0331. The highest BCUT2D eigenvalue weighted by molar-refractivity contribution is 7.85. The van der Waals surface area contributed by atoms with Gasteiger partial charge in [0.2, 0.25) is 5.91 Å². The Hall–Kier alpha value is -1.16. The Morgan fingerprint density at radius 2 is 2.00 bits per heavy atom. The third-order valence-electron chi connectivity index (χ3n) is 3.36. The fourth-order valence-corrected chi connectivity index (χ4v) is 3.20. The first-order valence-corrected chi connectivity index (χ1v) is 7.96. The molecular formula is C14H19NO2S. The average molecular weight is 265 g/mol. The average Bonchev–Trinajstić information content (AvgIpc) is 2.36. The minimum absolute atomic E-state index is 0.0331. The first-order valence-electron chi connectivity index (χ1n) is 6.34. The zero-order valence-electron chi connectivity index (χ0n) is 10.7. The van der Waals surface area contributed by atoms with Gasteiger partial charge in [0.15, 0.2) is 0 Å². The number of hydrogen-bond donors (Lipinski definition) is 0. The Morgan fingerprint density at radius 3 is 2.61 bits per heavy atom. The van der Waals surface area contributed by atoms with E-state index in [0.717, 1.165) is 25.8 Å². The molecule has 1 aromatic carbocycles. The molecule has 2 rings (SSSR count). The highest BCUT2D eigenvalue weighted by Crippen LogP contribution is 2.22. The predicted molar refractivity (Wildman–Crippen MR) is 73.6 cm³/mol. The minimum atomic E-state index is -0.911. The number of carbonyl (C=O) groups is 1. The molecule has 1 amide bonds. The molecular weight excluding hydrogens is 246 g/mol. The molecule has 0 spiro atoms. The SMILES string of the molecule is CS(=O)C1CC(=O)N1CCCCc1ccccc1. The largest absolute Gasteiger partial charge is 0.328 e. The first kappa shape index (κ1) is 13.3. The normalized spacial score (nSPS) is 20.6. The lowest BCUT2D eigenvalue weighted by Crippen LogP contribution is -2.54. The molecule has 0 N–H and O–H groups in total. The van der Waals surface area contributed by atoms with Crippen molar-refractivity contribution in [1.29, 1.82) is 0 Å². The van der Waals surface area contributed by atoms with Crippen molar-refractivity contribution in [1.82, 2.24) is 4.90 Å². The van der Waals surface area contributed by atoms with Gasteiger partial charge in [0, 0.05) is 23.6 Å². The van der Waals surface area contributed by atoms with Gasteiger partial charge in [-0.15, -0.1) is 0 Å². The molecule has 0 aliphatic carbocycles. The third kappa shape index (κ3) is 3.19. The maximum Gasteiger partial charge on any atom is 0.226 e. The maximum absolute atomic E-state index is 11.4. The summed E-state index contributed by atoms with van der Waals surface area (Å²) in [6.45, 7) is 0.746. The Kier molecular flexibility index (Phi) is 4.53. The van der Waals surface area contributed by atoms with Gasteiger partial charge in [0.05, 0.1) is 6.42 Å². The van der Waals surface area contributed by atoms with Crippen LogP contribution in [0.3, 0.4) is 0 Å². The van der Waals surface area contributed by atoms with Gasteiger partial charge in [-0.1, -0.05) is 30.3 Å². The van der Waals surface area contributed by atoms with Gasteiger partial charge in [-0.3, -0.25) is 9.00 Å². The molecule has 0 radical (unpaired) electrons. The summed E-state index contributed by atoms with van der Waals surface area (Å²) in [5.74, 6) is 0.148. The van der Waals surface area contributed by atoms with Crippen LogP contribution < -0.4 is 0 Å². The molecule has 1 saturated heterocycles. The smallest absolute Gasteiger partial charge is 0.226 e. The van der Waals surface area contributed by atoms with E-state index in [2.05, 4.69) is 12.1 Å². The fourth-order valence-electron chi connectivity index (χ4n) is 2.25. The molecule has 3 nitrogen and oxygen atoms in total. The Labute approximate surface area is 111 Å². The number of likely N-dealkylation sites (tertiary alicyclic amines) is 1. The summed E-state index contributed by atoms with van der Waals surface area (Å²) in [7, 11) is -0.911. The van der Waals surface area contributed by atoms with E-state index in [1.165, 1.54) is 5.56 Å². The van der Waals surface area contributed by atoms with E-state index >= 15 is 0 Å². The number of aryl methyl sites for hydroxylation is 1. The van der Waals surface area contributed by atoms with Gasteiger partial charge in [-0.05, 0) is 24.8 Å². The van der Waals surface area contributed by atoms with E-state index in [1.54, 1.807) is 11.2 Å². The lowest BCUT2D eigenvalue weighted by Gasteiger charge is -2.39. The van der Waals surface area contributed by atoms with Gasteiger partial charge >= 0.3 is 0 Å². The number of β-lactam (4-membered cyclic amide) rings is 1. The van der Waals surface area contributed by atoms with Crippen molar-refractivity contribution in [3.63, 3.8) is 0 Å². The highest BCUT2D eigenvalue weighted by Gasteiger charge is 2.37. The van der Waals surface area contributed by atoms with E-state index in [1.807, 2.05) is 18.2 Å². The van der Waals surface area contributed by atoms with E-state index in [-0.39, 0.29) is 11.3 Å². The van der Waals surface area contributed by atoms with Crippen LogP contribution in [0.25, 0.3) is 0 Å². The number of carbonyl (C=O) groups excluding carboxylic acids is 1. The Bertz CT molecular complexity index is 433. The molecule has 4 heteroatoms. The van der Waals surface area contributed by atoms with E-state index < -0.39 is 10.8 Å². The van der Waals surface area contributed by atoms with E-state index in [4.69, 9.17) is 0 Å². The molecule has 2 atom stereocenters. The van der Waals surface area contributed by atoms with Crippen LogP contribution in [0.15, 0.2) is 30.3 Å². The van der Waals surface area contributed by atoms with Crippen LogP contribution in [0.2, 0.25) is 0 Å². The molecule has 1 aromatic rings. The van der Waals surface area contributed by atoms with Crippen LogP contribution in [0.1, 0.15) is 24.8 Å². The van der Waals surface area contributed by atoms with Crippen molar-refractivity contribution in [3.05, 3.63) is 35.9 Å². The molecule has 1 heterocycles. The number of nitrogens with zero attached hydrogens (tertiary/aromatic N) is 1. The summed E-state index contributed by atoms with van der Waals surface area (Å²) in [4.78, 5) is 13.2. The maximum atomic E-state index is 11.4. The van der Waals surface area contributed by atoms with Crippen LogP contribution >= 0.6 is 0 Å². The molecule has 0 saturated carbocycles. The lowest BCUT2D eigenvalue weighted by atomic mass is 10.1. The van der Waals surface area contributed by atoms with Gasteiger partial charge < -0.3 is 4.90 Å². The summed E-state index contributed by atoms with van der Waals surface area (Å²) in [5.41, 5.74) is 1.34. The van der Waals surface area contributed by atoms with Crippen molar-refractivity contribution in [2.24, 2.45) is 0 Å². The standard InChI is InChI=1S/C14H19NO2S/c1-18(17)14-11-13(16)15(14)10-6-5-9-12-7-3-2-4-8-12/h2-4,7-8,14H,5-6,9-11H2,1H3. The minimum Gasteiger partial charge on any atom is -0.328 e. The summed E-state index contributed by atoms with van der Waals surface area (Å²) in [6, 6.07) is 10.4.